The van der Waals surface area contributed by atoms with Crippen molar-refractivity contribution in [2.75, 3.05) is 0 Å². The van der Waals surface area contributed by atoms with E-state index < -0.39 is 0 Å². The van der Waals surface area contributed by atoms with E-state index in [1.165, 1.54) is 0 Å². The SMILES string of the molecule is CCc1c(Cl)nc(-c2cnn(-c3ccccc3)c2)nc1Cl. The predicted molar refractivity (Wildman–Crippen MR) is 84.0 cm³/mol. The van der Waals surface area contributed by atoms with Crippen molar-refractivity contribution in [2.24, 2.45) is 0 Å². The Bertz CT molecular complexity index is 745. The van der Waals surface area contributed by atoms with Gasteiger partial charge in [0.25, 0.3) is 0 Å². The van der Waals surface area contributed by atoms with E-state index in [1.54, 1.807) is 10.9 Å². The molecule has 6 heteroatoms. The lowest BCUT2D eigenvalue weighted by molar-refractivity contribution is 0.880. The van der Waals surface area contributed by atoms with E-state index in [2.05, 4.69) is 15.1 Å². The monoisotopic (exact) mass is 318 g/mol. The van der Waals surface area contributed by atoms with Gasteiger partial charge in [-0.3, -0.25) is 0 Å². The molecule has 3 aromatic rings. The molecule has 3 rings (SSSR count). The average molecular weight is 319 g/mol. The first kappa shape index (κ1) is 14.0. The number of halogens is 2. The summed E-state index contributed by atoms with van der Waals surface area (Å²) in [5.41, 5.74) is 2.49. The summed E-state index contributed by atoms with van der Waals surface area (Å²) in [6.07, 6.45) is 4.24. The summed E-state index contributed by atoms with van der Waals surface area (Å²) in [7, 11) is 0. The smallest absolute Gasteiger partial charge is 0.165 e. The number of rotatable bonds is 3. The first-order valence-corrected chi connectivity index (χ1v) is 7.27. The third-order valence-corrected chi connectivity index (χ3v) is 3.75. The second-order valence-electron chi connectivity index (χ2n) is 4.47. The van der Waals surface area contributed by atoms with Gasteiger partial charge in [-0.15, -0.1) is 0 Å². The second kappa shape index (κ2) is 5.84. The van der Waals surface area contributed by atoms with E-state index in [-0.39, 0.29) is 0 Å². The van der Waals surface area contributed by atoms with Gasteiger partial charge in [0.05, 0.1) is 17.4 Å². The lowest BCUT2D eigenvalue weighted by Gasteiger charge is -2.04. The van der Waals surface area contributed by atoms with Crippen LogP contribution in [0.15, 0.2) is 42.7 Å². The molecule has 0 fully saturated rings. The third-order valence-electron chi connectivity index (χ3n) is 3.12. The molecule has 0 saturated carbocycles. The highest BCUT2D eigenvalue weighted by molar-refractivity contribution is 6.34. The summed E-state index contributed by atoms with van der Waals surface area (Å²) in [6.45, 7) is 1.96. The van der Waals surface area contributed by atoms with Crippen molar-refractivity contribution in [3.8, 4) is 17.1 Å². The highest BCUT2D eigenvalue weighted by Crippen LogP contribution is 2.26. The van der Waals surface area contributed by atoms with Crippen LogP contribution >= 0.6 is 23.2 Å². The van der Waals surface area contributed by atoms with E-state index in [4.69, 9.17) is 23.2 Å². The molecule has 0 N–H and O–H groups in total. The maximum Gasteiger partial charge on any atom is 0.165 e. The van der Waals surface area contributed by atoms with Crippen LogP contribution < -0.4 is 0 Å². The van der Waals surface area contributed by atoms with Crippen LogP contribution in [0.25, 0.3) is 17.1 Å². The van der Waals surface area contributed by atoms with Crippen LogP contribution in [0.2, 0.25) is 10.3 Å². The van der Waals surface area contributed by atoms with Gasteiger partial charge in [-0.2, -0.15) is 5.10 Å². The highest BCUT2D eigenvalue weighted by Gasteiger charge is 2.13. The molecule has 0 amide bonds. The summed E-state index contributed by atoms with van der Waals surface area (Å²) >= 11 is 12.3. The summed E-state index contributed by atoms with van der Waals surface area (Å²) in [6, 6.07) is 9.81. The van der Waals surface area contributed by atoms with Crippen molar-refractivity contribution in [2.45, 2.75) is 13.3 Å². The molecular weight excluding hydrogens is 307 g/mol. The molecule has 0 saturated heterocycles. The number of hydrogen-bond donors (Lipinski definition) is 0. The summed E-state index contributed by atoms with van der Waals surface area (Å²) in [5.74, 6) is 0.476. The number of para-hydroxylation sites is 1. The van der Waals surface area contributed by atoms with E-state index in [9.17, 15) is 0 Å². The Morgan fingerprint density at radius 2 is 1.71 bits per heavy atom. The quantitative estimate of drug-likeness (QED) is 0.680. The van der Waals surface area contributed by atoms with Crippen molar-refractivity contribution in [1.82, 2.24) is 19.7 Å². The zero-order valence-electron chi connectivity index (χ0n) is 11.3. The second-order valence-corrected chi connectivity index (χ2v) is 5.19. The molecule has 0 bridgehead atoms. The van der Waals surface area contributed by atoms with Crippen molar-refractivity contribution in [3.05, 3.63) is 58.6 Å². The maximum absolute atomic E-state index is 6.15. The fourth-order valence-electron chi connectivity index (χ4n) is 2.01. The molecule has 0 spiro atoms. The first-order valence-electron chi connectivity index (χ1n) is 6.51. The molecular formula is C15H12Cl2N4. The number of benzene rings is 1. The Morgan fingerprint density at radius 1 is 1.05 bits per heavy atom. The van der Waals surface area contributed by atoms with Crippen molar-refractivity contribution in [1.29, 1.82) is 0 Å². The normalized spacial score (nSPS) is 10.8. The minimum atomic E-state index is 0.389. The Labute approximate surface area is 132 Å². The zero-order chi connectivity index (χ0) is 14.8. The van der Waals surface area contributed by atoms with Crippen LogP contribution in [0.4, 0.5) is 0 Å². The van der Waals surface area contributed by atoms with Gasteiger partial charge in [0, 0.05) is 11.8 Å². The van der Waals surface area contributed by atoms with Crippen LogP contribution in [0.3, 0.4) is 0 Å². The molecule has 0 aliphatic carbocycles. The Morgan fingerprint density at radius 3 is 2.33 bits per heavy atom. The third kappa shape index (κ3) is 2.77. The minimum Gasteiger partial charge on any atom is -0.240 e. The molecule has 21 heavy (non-hydrogen) atoms. The van der Waals surface area contributed by atoms with Gasteiger partial charge in [0.1, 0.15) is 10.3 Å². The molecule has 4 nitrogen and oxygen atoms in total. The molecule has 0 radical (unpaired) electrons. The first-order chi connectivity index (χ1) is 10.2. The fraction of sp³-hybridized carbons (Fsp3) is 0.133. The van der Waals surface area contributed by atoms with Gasteiger partial charge in [-0.25, -0.2) is 14.6 Å². The molecule has 0 atom stereocenters. The standard InChI is InChI=1S/C15H12Cl2N4/c1-2-12-13(16)19-15(20-14(12)17)10-8-18-21(9-10)11-6-4-3-5-7-11/h3-9H,2H2,1H3. The van der Waals surface area contributed by atoms with Gasteiger partial charge in [0.2, 0.25) is 0 Å². The Balaban J connectivity index is 2.01. The highest BCUT2D eigenvalue weighted by atomic mass is 35.5. The number of nitrogens with zero attached hydrogens (tertiary/aromatic N) is 4. The van der Waals surface area contributed by atoms with Crippen LogP contribution in [-0.2, 0) is 6.42 Å². The molecule has 106 valence electrons. The molecule has 1 aromatic carbocycles. The van der Waals surface area contributed by atoms with E-state index in [1.807, 2.05) is 43.5 Å². The topological polar surface area (TPSA) is 43.6 Å². The van der Waals surface area contributed by atoms with Crippen molar-refractivity contribution in [3.63, 3.8) is 0 Å². The largest absolute Gasteiger partial charge is 0.240 e. The van der Waals surface area contributed by atoms with Crippen LogP contribution in [0.1, 0.15) is 12.5 Å². The summed E-state index contributed by atoms with van der Waals surface area (Å²) in [4.78, 5) is 8.60. The molecule has 0 aliphatic rings. The Hall–Kier alpha value is -1.91. The van der Waals surface area contributed by atoms with E-state index in [0.717, 1.165) is 16.8 Å². The van der Waals surface area contributed by atoms with Gasteiger partial charge in [-0.05, 0) is 18.6 Å². The van der Waals surface area contributed by atoms with Crippen molar-refractivity contribution >= 4 is 23.2 Å². The molecule has 2 aromatic heterocycles. The van der Waals surface area contributed by atoms with E-state index in [0.29, 0.717) is 22.6 Å². The van der Waals surface area contributed by atoms with Crippen LogP contribution in [0.5, 0.6) is 0 Å². The minimum absolute atomic E-state index is 0.389. The summed E-state index contributed by atoms with van der Waals surface area (Å²) in [5, 5.41) is 5.09. The molecule has 2 heterocycles. The van der Waals surface area contributed by atoms with Crippen LogP contribution in [0, 0.1) is 0 Å². The lowest BCUT2D eigenvalue weighted by atomic mass is 10.2. The van der Waals surface area contributed by atoms with Crippen LogP contribution in [-0.4, -0.2) is 19.7 Å². The zero-order valence-corrected chi connectivity index (χ0v) is 12.8. The van der Waals surface area contributed by atoms with Gasteiger partial charge in [-0.1, -0.05) is 48.3 Å². The number of aromatic nitrogens is 4. The predicted octanol–water partition coefficient (Wildman–Crippen LogP) is 4.20. The van der Waals surface area contributed by atoms with Crippen molar-refractivity contribution < 1.29 is 0 Å². The average Bonchev–Trinajstić information content (AvgIpc) is 2.97. The maximum atomic E-state index is 6.15. The fourth-order valence-corrected chi connectivity index (χ4v) is 2.67. The van der Waals surface area contributed by atoms with Gasteiger partial charge >= 0.3 is 0 Å². The molecule has 0 aliphatic heterocycles. The summed E-state index contributed by atoms with van der Waals surface area (Å²) < 4.78 is 1.76. The van der Waals surface area contributed by atoms with E-state index >= 15 is 0 Å². The number of hydrogen-bond acceptors (Lipinski definition) is 3. The molecule has 0 unspecified atom stereocenters. The Kier molecular flexibility index (Phi) is 3.90. The lowest BCUT2D eigenvalue weighted by Crippen LogP contribution is -1.96. The van der Waals surface area contributed by atoms with Gasteiger partial charge < -0.3 is 0 Å². The van der Waals surface area contributed by atoms with Gasteiger partial charge in [0.15, 0.2) is 5.82 Å².